The number of hydrogen-bond acceptors (Lipinski definition) is 7. The summed E-state index contributed by atoms with van der Waals surface area (Å²) in [6.07, 6.45) is 4.25. The number of rotatable bonds is 7. The molecule has 5 rings (SSSR count). The Hall–Kier alpha value is -3.02. The highest BCUT2D eigenvalue weighted by Crippen LogP contribution is 2.51. The van der Waals surface area contributed by atoms with Crippen LogP contribution < -0.4 is 16.4 Å². The molecule has 11 heteroatoms. The number of pyridine rings is 1. The molecule has 228 valence electrons. The summed E-state index contributed by atoms with van der Waals surface area (Å²) in [5, 5.41) is 16.8. The van der Waals surface area contributed by atoms with Gasteiger partial charge in [-0.3, -0.25) is 9.79 Å². The Morgan fingerprint density at radius 1 is 1.21 bits per heavy atom. The van der Waals surface area contributed by atoms with Gasteiger partial charge < -0.3 is 26.4 Å². The van der Waals surface area contributed by atoms with E-state index in [2.05, 4.69) is 20.5 Å². The van der Waals surface area contributed by atoms with Gasteiger partial charge in [-0.05, 0) is 101 Å². The van der Waals surface area contributed by atoms with E-state index in [0.717, 1.165) is 57.1 Å². The molecule has 42 heavy (non-hydrogen) atoms. The number of aromatic nitrogens is 1. The molecule has 1 aliphatic carbocycles. The van der Waals surface area contributed by atoms with Gasteiger partial charge in [-0.25, -0.2) is 4.98 Å². The van der Waals surface area contributed by atoms with Crippen molar-refractivity contribution in [1.82, 2.24) is 15.2 Å². The number of anilines is 2. The average Bonchev–Trinajstić information content (AvgIpc) is 2.92. The number of nitrogens with two attached hydrogens (primary N) is 1. The molecule has 8 nitrogen and oxygen atoms in total. The number of amides is 1. The quantitative estimate of drug-likeness (QED) is 0.273. The zero-order valence-corrected chi connectivity index (χ0v) is 24.3. The van der Waals surface area contributed by atoms with Crippen LogP contribution in [0.15, 0.2) is 35.3 Å². The summed E-state index contributed by atoms with van der Waals surface area (Å²) in [6.45, 7) is 8.57. The van der Waals surface area contributed by atoms with Crippen LogP contribution in [-0.2, 0) is 11.8 Å². The number of aliphatic imine (C=N–C) groups is 1. The topological polar surface area (TPSA) is 116 Å². The monoisotopic (exact) mass is 586 g/mol. The molecule has 2 saturated heterocycles. The third-order valence-electron chi connectivity index (χ3n) is 9.01. The maximum Gasteiger partial charge on any atom is 0.433 e. The van der Waals surface area contributed by atoms with E-state index in [-0.39, 0.29) is 11.7 Å². The smallest absolute Gasteiger partial charge is 0.398 e. The van der Waals surface area contributed by atoms with Gasteiger partial charge >= 0.3 is 6.18 Å². The Balaban J connectivity index is 1.22. The van der Waals surface area contributed by atoms with Crippen molar-refractivity contribution in [3.05, 3.63) is 52.8 Å². The number of nitrogens with one attached hydrogen (secondary N) is 2. The van der Waals surface area contributed by atoms with Crippen molar-refractivity contribution in [1.29, 1.82) is 0 Å². The fraction of sp³-hybridized carbons (Fsp3) is 0.581. The number of nitrogen functional groups attached to an aromatic ring is 1. The summed E-state index contributed by atoms with van der Waals surface area (Å²) in [5.41, 5.74) is 5.46. The van der Waals surface area contributed by atoms with Gasteiger partial charge in [-0.1, -0.05) is 6.07 Å². The third kappa shape index (κ3) is 7.12. The average molecular weight is 587 g/mol. The van der Waals surface area contributed by atoms with Crippen molar-refractivity contribution >= 4 is 23.5 Å². The van der Waals surface area contributed by atoms with Crippen molar-refractivity contribution in [3.63, 3.8) is 0 Å². The minimum absolute atomic E-state index is 0.152. The molecule has 1 aromatic carbocycles. The van der Waals surface area contributed by atoms with Gasteiger partial charge in [-0.2, -0.15) is 13.2 Å². The molecule has 1 amide bonds. The van der Waals surface area contributed by atoms with E-state index in [1.807, 2.05) is 0 Å². The van der Waals surface area contributed by atoms with Crippen LogP contribution in [0, 0.1) is 11.3 Å². The number of hydrogen-bond donors (Lipinski definition) is 4. The number of nitrogens with zero attached hydrogens (tertiary/aromatic N) is 3. The van der Waals surface area contributed by atoms with E-state index in [1.54, 1.807) is 18.3 Å². The Bertz CT molecular complexity index is 1300. The molecule has 3 fully saturated rings. The number of piperidine rings is 2. The highest BCUT2D eigenvalue weighted by molar-refractivity contribution is 6.04. The molecule has 0 atom stereocenters. The zero-order valence-electron chi connectivity index (χ0n) is 24.3. The Morgan fingerprint density at radius 2 is 1.90 bits per heavy atom. The molecule has 0 unspecified atom stereocenters. The second kappa shape index (κ2) is 11.9. The van der Waals surface area contributed by atoms with Crippen molar-refractivity contribution in [3.8, 4) is 0 Å². The Morgan fingerprint density at radius 3 is 2.55 bits per heavy atom. The summed E-state index contributed by atoms with van der Waals surface area (Å²) in [6, 6.07) is 6.45. The number of carbonyl (C=O) groups is 1. The van der Waals surface area contributed by atoms with Crippen molar-refractivity contribution in [2.24, 2.45) is 16.3 Å². The number of aliphatic hydroxyl groups is 1. The Kier molecular flexibility index (Phi) is 8.65. The maximum atomic E-state index is 13.1. The van der Waals surface area contributed by atoms with Gasteiger partial charge in [0.1, 0.15) is 11.4 Å². The number of carbonyl (C=O) groups excluding carboxylic acids is 1. The molecule has 1 saturated carbocycles. The summed E-state index contributed by atoms with van der Waals surface area (Å²) in [7, 11) is 0. The molecule has 1 spiro atoms. The minimum atomic E-state index is -4.68. The van der Waals surface area contributed by atoms with Crippen molar-refractivity contribution < 1.29 is 23.1 Å². The van der Waals surface area contributed by atoms with Crippen LogP contribution in [0.3, 0.4) is 0 Å². The van der Waals surface area contributed by atoms with Crippen LogP contribution >= 0.6 is 0 Å². The lowest BCUT2D eigenvalue weighted by atomic mass is 9.57. The van der Waals surface area contributed by atoms with Crippen LogP contribution in [0.2, 0.25) is 0 Å². The van der Waals surface area contributed by atoms with Gasteiger partial charge in [0.15, 0.2) is 0 Å². The first kappa shape index (κ1) is 30.4. The fourth-order valence-electron chi connectivity index (χ4n) is 6.72. The summed E-state index contributed by atoms with van der Waals surface area (Å²) in [4.78, 5) is 23.7. The van der Waals surface area contributed by atoms with Gasteiger partial charge in [0.25, 0.3) is 5.91 Å². The lowest BCUT2D eigenvalue weighted by molar-refractivity contribution is -0.141. The van der Waals surface area contributed by atoms with Crippen molar-refractivity contribution in [2.75, 3.05) is 43.8 Å². The lowest BCUT2D eigenvalue weighted by Gasteiger charge is -2.52. The SMILES string of the molecule is CC(C)(O)c1cc(N)c(C=NC2CCN(CC3CC4(CCNCC4)C3)CC2)cc1NC(=O)c1cccc(C(F)(F)F)n1. The van der Waals surface area contributed by atoms with Gasteiger partial charge in [0.05, 0.1) is 11.6 Å². The van der Waals surface area contributed by atoms with E-state index in [0.29, 0.717) is 22.2 Å². The molecule has 2 aromatic rings. The van der Waals surface area contributed by atoms with Crippen LogP contribution in [0.4, 0.5) is 24.5 Å². The van der Waals surface area contributed by atoms with Gasteiger partial charge in [0.2, 0.25) is 0 Å². The van der Waals surface area contributed by atoms with E-state index >= 15 is 0 Å². The van der Waals surface area contributed by atoms with E-state index in [4.69, 9.17) is 10.7 Å². The standard InChI is InChI=1S/C31H41F3N6O2/c1-29(2,42)23-15-24(35)21(14-26(23)39-28(41)25-4-3-5-27(38-25)31(32,33)34)18-37-22-6-12-40(13-7-22)19-20-16-30(17-20)8-10-36-11-9-30/h3-5,14-15,18,20,22,36,42H,6-13,16-17,19,35H2,1-2H3,(H,39,41). The zero-order chi connectivity index (χ0) is 30.1. The molecule has 0 bridgehead atoms. The fourth-order valence-corrected chi connectivity index (χ4v) is 6.72. The Labute approximate surface area is 245 Å². The number of benzene rings is 1. The maximum absolute atomic E-state index is 13.1. The normalized spacial score (nSPS) is 20.6. The molecule has 5 N–H and O–H groups in total. The van der Waals surface area contributed by atoms with Crippen LogP contribution in [0.5, 0.6) is 0 Å². The van der Waals surface area contributed by atoms with Crippen LogP contribution in [-0.4, -0.2) is 65.9 Å². The van der Waals surface area contributed by atoms with Crippen molar-refractivity contribution in [2.45, 2.75) is 70.2 Å². The van der Waals surface area contributed by atoms with Crippen LogP contribution in [0.25, 0.3) is 0 Å². The highest BCUT2D eigenvalue weighted by Gasteiger charge is 2.44. The predicted molar refractivity (Wildman–Crippen MR) is 158 cm³/mol. The first-order valence-electron chi connectivity index (χ1n) is 14.8. The summed E-state index contributed by atoms with van der Waals surface area (Å²) >= 11 is 0. The highest BCUT2D eigenvalue weighted by atomic mass is 19.4. The lowest BCUT2D eigenvalue weighted by Crippen LogP contribution is -2.49. The predicted octanol–water partition coefficient (Wildman–Crippen LogP) is 4.83. The van der Waals surface area contributed by atoms with E-state index in [9.17, 15) is 23.1 Å². The molecule has 2 aliphatic heterocycles. The molecule has 1 aromatic heterocycles. The number of alkyl halides is 3. The first-order valence-corrected chi connectivity index (χ1v) is 14.8. The molecule has 0 radical (unpaired) electrons. The van der Waals surface area contributed by atoms with E-state index in [1.165, 1.54) is 52.1 Å². The third-order valence-corrected chi connectivity index (χ3v) is 9.01. The first-order chi connectivity index (χ1) is 19.8. The molecular formula is C31H41F3N6O2. The molecular weight excluding hydrogens is 545 g/mol. The second-order valence-electron chi connectivity index (χ2n) is 12.8. The molecule has 3 aliphatic rings. The van der Waals surface area contributed by atoms with Gasteiger partial charge in [-0.15, -0.1) is 0 Å². The minimum Gasteiger partial charge on any atom is -0.398 e. The number of halogens is 3. The summed E-state index contributed by atoms with van der Waals surface area (Å²) in [5.74, 6) is -0.0267. The largest absolute Gasteiger partial charge is 0.433 e. The molecule has 3 heterocycles. The second-order valence-corrected chi connectivity index (χ2v) is 12.8. The van der Waals surface area contributed by atoms with Gasteiger partial charge in [0, 0.05) is 48.4 Å². The summed E-state index contributed by atoms with van der Waals surface area (Å²) < 4.78 is 39.4. The van der Waals surface area contributed by atoms with Crippen LogP contribution in [0.1, 0.15) is 79.7 Å². The van der Waals surface area contributed by atoms with E-state index < -0.39 is 29.1 Å². The number of likely N-dealkylation sites (tertiary alicyclic amines) is 1.